The largest absolute Gasteiger partial charge is 0.466 e. The monoisotopic (exact) mass is 470 g/mol. The molecule has 34 heavy (non-hydrogen) atoms. The van der Waals surface area contributed by atoms with Gasteiger partial charge in [0, 0.05) is 30.0 Å². The third kappa shape index (κ3) is 5.69. The molecule has 0 aliphatic carbocycles. The molecule has 1 aliphatic rings. The van der Waals surface area contributed by atoms with Gasteiger partial charge in [-0.15, -0.1) is 0 Å². The van der Waals surface area contributed by atoms with E-state index >= 15 is 0 Å². The van der Waals surface area contributed by atoms with Crippen molar-refractivity contribution in [2.75, 3.05) is 27.3 Å². The van der Waals surface area contributed by atoms with Crippen LogP contribution >= 0.6 is 0 Å². The van der Waals surface area contributed by atoms with Gasteiger partial charge >= 0.3 is 11.9 Å². The van der Waals surface area contributed by atoms with E-state index in [-0.39, 0.29) is 23.3 Å². The number of methoxy groups -OCH3 is 1. The number of esters is 2. The Morgan fingerprint density at radius 2 is 1.65 bits per heavy atom. The number of nitrogens with zero attached hydrogens (tertiary/aromatic N) is 1. The Hall–Kier alpha value is -3.52. The highest BCUT2D eigenvalue weighted by Gasteiger charge is 2.39. The lowest BCUT2D eigenvalue weighted by molar-refractivity contribution is -0.139. The first-order valence-electron chi connectivity index (χ1n) is 10.8. The van der Waals surface area contributed by atoms with Crippen molar-refractivity contribution in [3.8, 4) is 0 Å². The molecule has 0 saturated heterocycles. The maximum atomic E-state index is 14.8. The minimum Gasteiger partial charge on any atom is -0.466 e. The fraction of sp³-hybridized carbons (Fsp3) is 0.308. The normalized spacial score (nSPS) is 15.9. The summed E-state index contributed by atoms with van der Waals surface area (Å²) < 4.78 is 39.3. The second kappa shape index (κ2) is 11.1. The molecule has 8 heteroatoms. The van der Waals surface area contributed by atoms with Crippen LogP contribution in [0.4, 0.5) is 8.78 Å². The lowest BCUT2D eigenvalue weighted by Crippen LogP contribution is -2.33. The van der Waals surface area contributed by atoms with Gasteiger partial charge in [0.25, 0.3) is 0 Å². The van der Waals surface area contributed by atoms with Gasteiger partial charge in [-0.1, -0.05) is 30.3 Å². The highest BCUT2D eigenvalue weighted by molar-refractivity contribution is 5.99. The predicted molar refractivity (Wildman–Crippen MR) is 123 cm³/mol. The zero-order valence-electron chi connectivity index (χ0n) is 19.7. The Morgan fingerprint density at radius 3 is 2.29 bits per heavy atom. The summed E-state index contributed by atoms with van der Waals surface area (Å²) >= 11 is 0. The lowest BCUT2D eigenvalue weighted by atomic mass is 9.80. The van der Waals surface area contributed by atoms with Crippen LogP contribution in [0.5, 0.6) is 0 Å². The van der Waals surface area contributed by atoms with Gasteiger partial charge in [-0.05, 0) is 44.7 Å². The van der Waals surface area contributed by atoms with Crippen molar-refractivity contribution < 1.29 is 27.8 Å². The van der Waals surface area contributed by atoms with Crippen LogP contribution in [-0.2, 0) is 25.6 Å². The number of nitrogens with one attached hydrogen (secondary N) is 1. The van der Waals surface area contributed by atoms with Crippen LogP contribution in [0.1, 0.15) is 30.9 Å². The Labute approximate surface area is 197 Å². The number of allylic oxidation sites excluding steroid dienone is 2. The molecule has 1 atom stereocenters. The van der Waals surface area contributed by atoms with Crippen molar-refractivity contribution in [2.24, 2.45) is 0 Å². The van der Waals surface area contributed by atoms with Gasteiger partial charge in [0.2, 0.25) is 0 Å². The molecule has 0 bridgehead atoms. The van der Waals surface area contributed by atoms with Gasteiger partial charge in [0.1, 0.15) is 18.2 Å². The molecule has 1 aliphatic heterocycles. The summed E-state index contributed by atoms with van der Waals surface area (Å²) in [5, 5.41) is 2.97. The number of carbonyl (C=O) groups is 2. The molecule has 2 aromatic rings. The third-order valence-corrected chi connectivity index (χ3v) is 5.66. The molecule has 0 spiro atoms. The van der Waals surface area contributed by atoms with Crippen LogP contribution in [0.15, 0.2) is 71.1 Å². The number of ether oxygens (including phenoxy) is 2. The van der Waals surface area contributed by atoms with Crippen molar-refractivity contribution in [2.45, 2.75) is 26.3 Å². The van der Waals surface area contributed by atoms with Crippen molar-refractivity contribution in [3.05, 3.63) is 93.8 Å². The number of dihydropyridines is 1. The van der Waals surface area contributed by atoms with E-state index in [0.717, 1.165) is 23.8 Å². The lowest BCUT2D eigenvalue weighted by Gasteiger charge is -2.30. The standard InChI is InChI=1S/C26H28F2N2O4/c1-16-22(25(31)33-4)24(20-14-19(27)10-11-21(20)28)23(17(2)29-16)26(32)34-13-12-30(3)15-18-8-6-5-7-9-18/h5-11,14,24,29H,12-13,15H2,1-4H3. The van der Waals surface area contributed by atoms with E-state index in [2.05, 4.69) is 5.32 Å². The van der Waals surface area contributed by atoms with E-state index in [0.29, 0.717) is 24.5 Å². The number of likely N-dealkylation sites (N-methyl/N-ethyl adjacent to an activating group) is 1. The highest BCUT2D eigenvalue weighted by atomic mass is 19.1. The highest BCUT2D eigenvalue weighted by Crippen LogP contribution is 2.40. The molecular weight excluding hydrogens is 442 g/mol. The fourth-order valence-corrected chi connectivity index (χ4v) is 4.04. The van der Waals surface area contributed by atoms with E-state index in [1.807, 2.05) is 42.3 Å². The van der Waals surface area contributed by atoms with Gasteiger partial charge in [0.05, 0.1) is 24.2 Å². The summed E-state index contributed by atoms with van der Waals surface area (Å²) in [6.45, 7) is 4.44. The number of rotatable bonds is 8. The predicted octanol–water partition coefficient (Wildman–Crippen LogP) is 4.05. The van der Waals surface area contributed by atoms with E-state index in [1.54, 1.807) is 13.8 Å². The summed E-state index contributed by atoms with van der Waals surface area (Å²) in [5.74, 6) is -4.09. The third-order valence-electron chi connectivity index (χ3n) is 5.66. The van der Waals surface area contributed by atoms with E-state index in [4.69, 9.17) is 9.47 Å². The Morgan fingerprint density at radius 1 is 1.00 bits per heavy atom. The molecule has 0 saturated carbocycles. The minimum absolute atomic E-state index is 0.0192. The van der Waals surface area contributed by atoms with Crippen LogP contribution in [0.2, 0.25) is 0 Å². The van der Waals surface area contributed by atoms with Crippen LogP contribution in [0.3, 0.4) is 0 Å². The van der Waals surface area contributed by atoms with Crippen LogP contribution in [0, 0.1) is 11.6 Å². The maximum absolute atomic E-state index is 14.8. The van der Waals surface area contributed by atoms with Gasteiger partial charge in [-0.2, -0.15) is 0 Å². The average molecular weight is 471 g/mol. The molecule has 0 amide bonds. The number of carbonyl (C=O) groups excluding carboxylic acids is 2. The topological polar surface area (TPSA) is 67.9 Å². The first kappa shape index (κ1) is 25.1. The quantitative estimate of drug-likeness (QED) is 0.588. The molecule has 0 fully saturated rings. The van der Waals surface area contributed by atoms with Gasteiger partial charge in [-0.3, -0.25) is 4.90 Å². The van der Waals surface area contributed by atoms with E-state index < -0.39 is 29.5 Å². The SMILES string of the molecule is COC(=O)C1=C(C)NC(C)=C(C(=O)OCCN(C)Cc2ccccc2)C1c1cc(F)ccc1F. The maximum Gasteiger partial charge on any atom is 0.336 e. The van der Waals surface area contributed by atoms with Crippen molar-refractivity contribution in [1.29, 1.82) is 0 Å². The fourth-order valence-electron chi connectivity index (χ4n) is 4.04. The Balaban J connectivity index is 1.83. The first-order valence-corrected chi connectivity index (χ1v) is 10.8. The van der Waals surface area contributed by atoms with Gasteiger partial charge in [-0.25, -0.2) is 18.4 Å². The molecule has 1 heterocycles. The number of hydrogen-bond donors (Lipinski definition) is 1. The average Bonchev–Trinajstić information content (AvgIpc) is 2.80. The molecule has 1 N–H and O–H groups in total. The number of benzene rings is 2. The first-order chi connectivity index (χ1) is 16.2. The van der Waals surface area contributed by atoms with Crippen LogP contribution in [0.25, 0.3) is 0 Å². The summed E-state index contributed by atoms with van der Waals surface area (Å²) in [7, 11) is 3.09. The molecule has 0 aromatic heterocycles. The summed E-state index contributed by atoms with van der Waals surface area (Å²) in [6.07, 6.45) is 0. The molecular formula is C26H28F2N2O4. The Bertz CT molecular complexity index is 1130. The van der Waals surface area contributed by atoms with Crippen molar-refractivity contribution in [1.82, 2.24) is 10.2 Å². The van der Waals surface area contributed by atoms with Gasteiger partial charge in [0.15, 0.2) is 0 Å². The van der Waals surface area contributed by atoms with E-state index in [9.17, 15) is 18.4 Å². The van der Waals surface area contributed by atoms with Crippen LogP contribution < -0.4 is 5.32 Å². The summed E-state index contributed by atoms with van der Waals surface area (Å²) in [4.78, 5) is 27.7. The molecule has 1 unspecified atom stereocenters. The minimum atomic E-state index is -1.18. The number of hydrogen-bond acceptors (Lipinski definition) is 6. The molecule has 6 nitrogen and oxygen atoms in total. The molecule has 2 aromatic carbocycles. The van der Waals surface area contributed by atoms with Crippen molar-refractivity contribution >= 4 is 11.9 Å². The summed E-state index contributed by atoms with van der Waals surface area (Å²) in [6, 6.07) is 12.8. The Kier molecular flexibility index (Phi) is 8.17. The zero-order chi connectivity index (χ0) is 24.8. The van der Waals surface area contributed by atoms with Gasteiger partial charge < -0.3 is 14.8 Å². The smallest absolute Gasteiger partial charge is 0.336 e. The molecule has 0 radical (unpaired) electrons. The van der Waals surface area contributed by atoms with Crippen molar-refractivity contribution in [3.63, 3.8) is 0 Å². The second-order valence-corrected chi connectivity index (χ2v) is 8.15. The van der Waals surface area contributed by atoms with Crippen LogP contribution in [-0.4, -0.2) is 44.1 Å². The molecule has 180 valence electrons. The molecule has 3 rings (SSSR count). The summed E-state index contributed by atoms with van der Waals surface area (Å²) in [5.41, 5.74) is 1.80. The van der Waals surface area contributed by atoms with E-state index in [1.165, 1.54) is 7.11 Å². The zero-order valence-corrected chi connectivity index (χ0v) is 19.7. The second-order valence-electron chi connectivity index (χ2n) is 8.15. The number of halogens is 2.